The van der Waals surface area contributed by atoms with E-state index in [0.29, 0.717) is 6.42 Å². The third kappa shape index (κ3) is 4.72. The first kappa shape index (κ1) is 18.0. The highest BCUT2D eigenvalue weighted by molar-refractivity contribution is 5.79. The van der Waals surface area contributed by atoms with E-state index in [9.17, 15) is 9.59 Å². The van der Waals surface area contributed by atoms with Gasteiger partial charge in [-0.05, 0) is 51.9 Å². The van der Waals surface area contributed by atoms with Crippen molar-refractivity contribution in [2.75, 3.05) is 6.61 Å². The average Bonchev–Trinajstić information content (AvgIpc) is 2.45. The highest BCUT2D eigenvalue weighted by Crippen LogP contribution is 2.37. The normalized spacial score (nSPS) is 18.4. The van der Waals surface area contributed by atoms with E-state index in [-0.39, 0.29) is 24.1 Å². The summed E-state index contributed by atoms with van der Waals surface area (Å²) in [4.78, 5) is 23.9. The van der Waals surface area contributed by atoms with Gasteiger partial charge in [0.25, 0.3) is 0 Å². The Balaban J connectivity index is 2.54. The number of esters is 2. The van der Waals surface area contributed by atoms with Crippen molar-refractivity contribution in [1.29, 1.82) is 0 Å². The Hall–Kier alpha value is -1.06. The van der Waals surface area contributed by atoms with Crippen LogP contribution in [0.5, 0.6) is 0 Å². The highest BCUT2D eigenvalue weighted by Gasteiger charge is 2.39. The van der Waals surface area contributed by atoms with E-state index in [0.717, 1.165) is 25.7 Å². The molecule has 0 radical (unpaired) electrons. The molecular weight excluding hydrogens is 268 g/mol. The molecule has 1 aliphatic carbocycles. The van der Waals surface area contributed by atoms with E-state index in [2.05, 4.69) is 13.8 Å². The molecule has 1 aliphatic rings. The van der Waals surface area contributed by atoms with E-state index in [1.54, 1.807) is 0 Å². The van der Waals surface area contributed by atoms with Gasteiger partial charge in [-0.3, -0.25) is 4.79 Å². The molecule has 0 aromatic carbocycles. The van der Waals surface area contributed by atoms with Gasteiger partial charge in [-0.2, -0.15) is 0 Å². The van der Waals surface area contributed by atoms with Crippen LogP contribution in [0.1, 0.15) is 73.1 Å². The van der Waals surface area contributed by atoms with Crippen LogP contribution in [0.4, 0.5) is 0 Å². The van der Waals surface area contributed by atoms with Crippen molar-refractivity contribution in [1.82, 2.24) is 0 Å². The molecule has 0 aromatic heterocycles. The smallest absolute Gasteiger partial charge is 0.344 e. The van der Waals surface area contributed by atoms with Crippen molar-refractivity contribution in [3.05, 3.63) is 0 Å². The quantitative estimate of drug-likeness (QED) is 0.699. The molecule has 0 saturated heterocycles. The lowest BCUT2D eigenvalue weighted by Gasteiger charge is -2.40. The lowest BCUT2D eigenvalue weighted by molar-refractivity contribution is -0.180. The SMILES string of the molecule is CCC(C)(C)C(=O)OCC(=O)OC1(C(C)C)CCCCC1. The molecule has 0 heterocycles. The monoisotopic (exact) mass is 298 g/mol. The standard InChI is InChI=1S/C17H30O4/c1-6-16(4,5)15(19)20-12-14(18)21-17(13(2)3)10-8-7-9-11-17/h13H,6-12H2,1-5H3. The van der Waals surface area contributed by atoms with E-state index in [4.69, 9.17) is 9.47 Å². The molecule has 0 atom stereocenters. The van der Waals surface area contributed by atoms with Gasteiger partial charge in [-0.15, -0.1) is 0 Å². The van der Waals surface area contributed by atoms with Gasteiger partial charge >= 0.3 is 11.9 Å². The zero-order chi connectivity index (χ0) is 16.1. The molecule has 0 amide bonds. The molecule has 0 spiro atoms. The first-order valence-electron chi connectivity index (χ1n) is 8.12. The van der Waals surface area contributed by atoms with E-state index >= 15 is 0 Å². The van der Waals surface area contributed by atoms with Gasteiger partial charge in [0.2, 0.25) is 0 Å². The second-order valence-electron chi connectivity index (χ2n) is 7.07. The summed E-state index contributed by atoms with van der Waals surface area (Å²) < 4.78 is 10.8. The molecule has 0 aliphatic heterocycles. The van der Waals surface area contributed by atoms with Crippen molar-refractivity contribution in [2.24, 2.45) is 11.3 Å². The Morgan fingerprint density at radius 3 is 2.19 bits per heavy atom. The Bertz CT molecular complexity index is 365. The summed E-state index contributed by atoms with van der Waals surface area (Å²) >= 11 is 0. The van der Waals surface area contributed by atoms with Gasteiger partial charge in [-0.1, -0.05) is 27.2 Å². The van der Waals surface area contributed by atoms with E-state index in [1.807, 2.05) is 20.8 Å². The summed E-state index contributed by atoms with van der Waals surface area (Å²) in [5.41, 5.74) is -0.928. The minimum absolute atomic E-state index is 0.281. The first-order chi connectivity index (χ1) is 9.73. The summed E-state index contributed by atoms with van der Waals surface area (Å²) in [5, 5.41) is 0. The lowest BCUT2D eigenvalue weighted by Crippen LogP contribution is -2.43. The number of ether oxygens (including phenoxy) is 2. The average molecular weight is 298 g/mol. The van der Waals surface area contributed by atoms with Crippen LogP contribution in [0.2, 0.25) is 0 Å². The molecule has 0 unspecified atom stereocenters. The predicted octanol–water partition coefficient (Wildman–Crippen LogP) is 3.87. The maximum atomic E-state index is 12.0. The van der Waals surface area contributed by atoms with Gasteiger partial charge in [0, 0.05) is 0 Å². The van der Waals surface area contributed by atoms with Crippen molar-refractivity contribution >= 4 is 11.9 Å². The summed E-state index contributed by atoms with van der Waals surface area (Å²) in [5.74, 6) is -0.487. The molecule has 0 aromatic rings. The number of hydrogen-bond acceptors (Lipinski definition) is 4. The van der Waals surface area contributed by atoms with Crippen molar-refractivity contribution in [3.8, 4) is 0 Å². The van der Waals surface area contributed by atoms with Crippen LogP contribution in [-0.4, -0.2) is 24.1 Å². The fourth-order valence-corrected chi connectivity index (χ4v) is 2.67. The maximum Gasteiger partial charge on any atom is 0.344 e. The number of carbonyl (C=O) groups is 2. The molecule has 0 bridgehead atoms. The van der Waals surface area contributed by atoms with Gasteiger partial charge < -0.3 is 9.47 Å². The molecule has 1 saturated carbocycles. The third-order valence-corrected chi connectivity index (χ3v) is 4.83. The Kier molecular flexibility index (Phi) is 6.24. The minimum atomic E-state index is -0.555. The molecule has 4 heteroatoms. The van der Waals surface area contributed by atoms with Crippen LogP contribution in [0, 0.1) is 11.3 Å². The third-order valence-electron chi connectivity index (χ3n) is 4.83. The molecule has 0 N–H and O–H groups in total. The van der Waals surface area contributed by atoms with Crippen LogP contribution in [-0.2, 0) is 19.1 Å². The lowest BCUT2D eigenvalue weighted by atomic mass is 9.77. The Morgan fingerprint density at radius 2 is 1.71 bits per heavy atom. The van der Waals surface area contributed by atoms with Crippen molar-refractivity contribution in [2.45, 2.75) is 78.7 Å². The van der Waals surface area contributed by atoms with Crippen molar-refractivity contribution in [3.63, 3.8) is 0 Å². The van der Waals surface area contributed by atoms with Crippen LogP contribution >= 0.6 is 0 Å². The zero-order valence-electron chi connectivity index (χ0n) is 14.2. The first-order valence-corrected chi connectivity index (χ1v) is 8.12. The second-order valence-corrected chi connectivity index (χ2v) is 7.07. The summed E-state index contributed by atoms with van der Waals surface area (Å²) in [6.45, 7) is 9.45. The Morgan fingerprint density at radius 1 is 1.14 bits per heavy atom. The van der Waals surface area contributed by atoms with Crippen LogP contribution < -0.4 is 0 Å². The zero-order valence-corrected chi connectivity index (χ0v) is 14.2. The second kappa shape index (κ2) is 7.28. The number of carbonyl (C=O) groups excluding carboxylic acids is 2. The minimum Gasteiger partial charge on any atom is -0.456 e. The summed E-state index contributed by atoms with van der Waals surface area (Å²) in [6.07, 6.45) is 5.88. The topological polar surface area (TPSA) is 52.6 Å². The van der Waals surface area contributed by atoms with Crippen LogP contribution in [0.15, 0.2) is 0 Å². The molecule has 1 fully saturated rings. The fourth-order valence-electron chi connectivity index (χ4n) is 2.67. The van der Waals surface area contributed by atoms with Crippen LogP contribution in [0.3, 0.4) is 0 Å². The maximum absolute atomic E-state index is 12.0. The van der Waals surface area contributed by atoms with E-state index in [1.165, 1.54) is 6.42 Å². The molecule has 21 heavy (non-hydrogen) atoms. The van der Waals surface area contributed by atoms with Gasteiger partial charge in [0.05, 0.1) is 5.41 Å². The van der Waals surface area contributed by atoms with E-state index < -0.39 is 11.4 Å². The summed E-state index contributed by atoms with van der Waals surface area (Å²) in [6, 6.07) is 0. The number of hydrogen-bond donors (Lipinski definition) is 0. The Labute approximate surface area is 128 Å². The highest BCUT2D eigenvalue weighted by atomic mass is 16.6. The van der Waals surface area contributed by atoms with Gasteiger partial charge in [0.15, 0.2) is 6.61 Å². The number of rotatable bonds is 6. The largest absolute Gasteiger partial charge is 0.456 e. The fraction of sp³-hybridized carbons (Fsp3) is 0.882. The molecule has 1 rings (SSSR count). The van der Waals surface area contributed by atoms with Crippen LogP contribution in [0.25, 0.3) is 0 Å². The van der Waals surface area contributed by atoms with Crippen molar-refractivity contribution < 1.29 is 19.1 Å². The molecular formula is C17H30O4. The van der Waals surface area contributed by atoms with Gasteiger partial charge in [0.1, 0.15) is 5.60 Å². The molecule has 4 nitrogen and oxygen atoms in total. The molecule has 122 valence electrons. The predicted molar refractivity (Wildman–Crippen MR) is 81.8 cm³/mol. The van der Waals surface area contributed by atoms with Gasteiger partial charge in [-0.25, -0.2) is 4.79 Å². The summed E-state index contributed by atoms with van der Waals surface area (Å²) in [7, 11) is 0.